The Balaban J connectivity index is 0.00000324. The highest BCUT2D eigenvalue weighted by atomic mass is 35.5. The summed E-state index contributed by atoms with van der Waals surface area (Å²) in [5.74, 6) is 0. The molecule has 12 heteroatoms. The molecule has 4 rings (SSSR count). The minimum absolute atomic E-state index is 0. The minimum atomic E-state index is -4.56. The number of piperazine rings is 1. The van der Waals surface area contributed by atoms with Gasteiger partial charge in [0.25, 0.3) is 20.0 Å². The van der Waals surface area contributed by atoms with Crippen molar-refractivity contribution in [2.45, 2.75) is 9.79 Å². The van der Waals surface area contributed by atoms with Crippen LogP contribution < -0.4 is 19.5 Å². The molecule has 1 aliphatic rings. The normalized spacial score (nSPS) is 14.2. The van der Waals surface area contributed by atoms with Crippen molar-refractivity contribution in [3.05, 3.63) is 78.9 Å². The Labute approximate surface area is 204 Å². The Hall–Kier alpha value is -2.86. The molecule has 0 bridgehead atoms. The molecule has 0 aromatic heterocycles. The topological polar surface area (TPSA) is 98.8 Å². The highest BCUT2D eigenvalue weighted by Gasteiger charge is 2.29. The van der Waals surface area contributed by atoms with E-state index in [-0.39, 0.29) is 27.9 Å². The van der Waals surface area contributed by atoms with Crippen LogP contribution in [0.1, 0.15) is 0 Å². The number of halogens is 2. The van der Waals surface area contributed by atoms with Crippen LogP contribution in [0.4, 0.5) is 21.5 Å². The molecule has 0 unspecified atom stereocenters. The van der Waals surface area contributed by atoms with Crippen molar-refractivity contribution in [2.75, 3.05) is 40.3 Å². The van der Waals surface area contributed by atoms with Gasteiger partial charge in [0, 0.05) is 31.9 Å². The summed E-state index contributed by atoms with van der Waals surface area (Å²) < 4.78 is 69.0. The van der Waals surface area contributed by atoms with Crippen molar-refractivity contribution in [3.63, 3.8) is 0 Å². The van der Waals surface area contributed by atoms with Crippen molar-refractivity contribution in [1.29, 1.82) is 0 Å². The van der Waals surface area contributed by atoms with E-state index in [0.29, 0.717) is 18.8 Å². The molecule has 34 heavy (non-hydrogen) atoms. The Morgan fingerprint density at radius 3 is 1.97 bits per heavy atom. The average Bonchev–Trinajstić information content (AvgIpc) is 2.85. The van der Waals surface area contributed by atoms with Crippen LogP contribution in [-0.2, 0) is 20.0 Å². The lowest BCUT2D eigenvalue weighted by Gasteiger charge is -2.30. The summed E-state index contributed by atoms with van der Waals surface area (Å²) in [5.41, 5.74) is 0.0330. The summed E-state index contributed by atoms with van der Waals surface area (Å²) in [6.07, 6.45) is 0. The van der Waals surface area contributed by atoms with Crippen LogP contribution in [0.25, 0.3) is 0 Å². The summed E-state index contributed by atoms with van der Waals surface area (Å²) in [7, 11) is -8.66. The highest BCUT2D eigenvalue weighted by Crippen LogP contribution is 2.36. The Bertz CT molecular complexity index is 1320. The predicted molar refractivity (Wildman–Crippen MR) is 133 cm³/mol. The molecule has 0 atom stereocenters. The molecule has 182 valence electrons. The molecule has 3 aromatic carbocycles. The second-order valence-corrected chi connectivity index (χ2v) is 10.8. The lowest BCUT2D eigenvalue weighted by molar-refractivity contribution is 0.495. The van der Waals surface area contributed by atoms with Crippen LogP contribution >= 0.6 is 12.4 Å². The molecule has 0 aliphatic carbocycles. The molecule has 0 amide bonds. The molecule has 1 heterocycles. The maximum atomic E-state index is 15.4. The monoisotopic (exact) mass is 526 g/mol. The molecule has 1 aliphatic heterocycles. The third-order valence-corrected chi connectivity index (χ3v) is 8.07. The first-order valence-electron chi connectivity index (χ1n) is 10.2. The van der Waals surface area contributed by atoms with E-state index in [1.807, 2.05) is 4.90 Å². The molecule has 1 fully saturated rings. The maximum Gasteiger partial charge on any atom is 0.290 e. The molecule has 0 spiro atoms. The van der Waals surface area contributed by atoms with Crippen LogP contribution in [0.5, 0.6) is 0 Å². The lowest BCUT2D eigenvalue weighted by Crippen LogP contribution is -2.43. The van der Waals surface area contributed by atoms with Crippen molar-refractivity contribution < 1.29 is 21.3 Å². The summed E-state index contributed by atoms with van der Waals surface area (Å²) in [5, 5.41) is 3.23. The fourth-order valence-corrected chi connectivity index (χ4v) is 5.69. The van der Waals surface area contributed by atoms with Gasteiger partial charge in [-0.2, -0.15) is 8.42 Å². The van der Waals surface area contributed by atoms with Gasteiger partial charge >= 0.3 is 0 Å². The third kappa shape index (κ3) is 5.44. The average molecular weight is 527 g/mol. The van der Waals surface area contributed by atoms with E-state index in [4.69, 9.17) is 0 Å². The Morgan fingerprint density at radius 2 is 1.38 bits per heavy atom. The smallest absolute Gasteiger partial charge is 0.290 e. The quantitative estimate of drug-likeness (QED) is 0.458. The SMILES string of the molecule is Cl.O=S(=O)(Nc1cc(N2CCNCC2)ccc1N(F)S(=O)(=O)c1ccccc1)c1ccccc1. The summed E-state index contributed by atoms with van der Waals surface area (Å²) >= 11 is 0. The van der Waals surface area contributed by atoms with Gasteiger partial charge in [0.2, 0.25) is 0 Å². The molecule has 0 saturated carbocycles. The standard InChI is InChI=1S/C22H23FN4O4S2.ClH/c23-27(33(30,31)20-9-5-2-6-10-20)22-12-11-18(26-15-13-24-14-16-26)17-21(22)25-32(28,29)19-7-3-1-4-8-19;/h1-12,17,24-25H,13-16H2;1H. The molecule has 1 saturated heterocycles. The summed E-state index contributed by atoms with van der Waals surface area (Å²) in [4.78, 5) is 1.73. The van der Waals surface area contributed by atoms with Gasteiger partial charge < -0.3 is 10.2 Å². The van der Waals surface area contributed by atoms with Gasteiger partial charge in [0.05, 0.1) is 15.5 Å². The molecular weight excluding hydrogens is 503 g/mol. The largest absolute Gasteiger partial charge is 0.369 e. The van der Waals surface area contributed by atoms with E-state index in [9.17, 15) is 16.8 Å². The van der Waals surface area contributed by atoms with Gasteiger partial charge in [-0.3, -0.25) is 4.72 Å². The first-order chi connectivity index (χ1) is 15.8. The van der Waals surface area contributed by atoms with Gasteiger partial charge in [-0.05, 0) is 42.5 Å². The van der Waals surface area contributed by atoms with Gasteiger partial charge in [0.1, 0.15) is 5.69 Å². The zero-order chi connectivity index (χ0) is 23.5. The number of nitrogens with one attached hydrogen (secondary N) is 2. The zero-order valence-electron chi connectivity index (χ0n) is 18.0. The van der Waals surface area contributed by atoms with Crippen molar-refractivity contribution in [1.82, 2.24) is 5.32 Å². The van der Waals surface area contributed by atoms with E-state index in [1.165, 1.54) is 48.5 Å². The van der Waals surface area contributed by atoms with Crippen molar-refractivity contribution in [2.24, 2.45) is 0 Å². The summed E-state index contributed by atoms with van der Waals surface area (Å²) in [6, 6.07) is 19.0. The zero-order valence-corrected chi connectivity index (χ0v) is 20.4. The number of anilines is 3. The highest BCUT2D eigenvalue weighted by molar-refractivity contribution is 7.93. The number of hydrogen-bond acceptors (Lipinski definition) is 6. The van der Waals surface area contributed by atoms with Crippen LogP contribution in [0.2, 0.25) is 0 Å². The lowest BCUT2D eigenvalue weighted by atomic mass is 10.2. The molecule has 0 radical (unpaired) electrons. The van der Waals surface area contributed by atoms with Gasteiger partial charge in [-0.1, -0.05) is 45.4 Å². The fraction of sp³-hybridized carbons (Fsp3) is 0.182. The van der Waals surface area contributed by atoms with Gasteiger partial charge in [-0.25, -0.2) is 8.42 Å². The third-order valence-electron chi connectivity index (χ3n) is 5.20. The molecular formula is C22H24ClFN4O4S2. The summed E-state index contributed by atoms with van der Waals surface area (Å²) in [6.45, 7) is 2.83. The second-order valence-electron chi connectivity index (χ2n) is 7.39. The maximum absolute atomic E-state index is 15.4. The molecule has 3 aromatic rings. The van der Waals surface area contributed by atoms with Crippen LogP contribution in [0.3, 0.4) is 0 Å². The van der Waals surface area contributed by atoms with Crippen molar-refractivity contribution in [3.8, 4) is 0 Å². The Morgan fingerprint density at radius 1 is 0.824 bits per heavy atom. The van der Waals surface area contributed by atoms with Crippen molar-refractivity contribution >= 4 is 49.5 Å². The van der Waals surface area contributed by atoms with E-state index < -0.39 is 30.3 Å². The predicted octanol–water partition coefficient (Wildman–Crippen LogP) is 3.40. The number of benzene rings is 3. The number of sulfonamides is 2. The van der Waals surface area contributed by atoms with Gasteiger partial charge in [-0.15, -0.1) is 12.4 Å². The Kier molecular flexibility index (Phi) is 8.03. The van der Waals surface area contributed by atoms with Gasteiger partial charge in [0.15, 0.2) is 0 Å². The first kappa shape index (κ1) is 25.8. The number of hydrogen-bond donors (Lipinski definition) is 2. The van der Waals surface area contributed by atoms with Crippen LogP contribution in [0, 0.1) is 0 Å². The van der Waals surface area contributed by atoms with E-state index in [0.717, 1.165) is 13.1 Å². The van der Waals surface area contributed by atoms with Crippen LogP contribution in [-0.4, -0.2) is 43.0 Å². The van der Waals surface area contributed by atoms with E-state index in [1.54, 1.807) is 30.3 Å². The second kappa shape index (κ2) is 10.6. The molecule has 8 nitrogen and oxygen atoms in total. The van der Waals surface area contributed by atoms with E-state index in [2.05, 4.69) is 10.0 Å². The van der Waals surface area contributed by atoms with E-state index >= 15 is 4.48 Å². The number of rotatable bonds is 7. The fourth-order valence-electron chi connectivity index (χ4n) is 3.50. The minimum Gasteiger partial charge on any atom is -0.369 e. The van der Waals surface area contributed by atoms with Crippen LogP contribution in [0.15, 0.2) is 88.7 Å². The first-order valence-corrected chi connectivity index (χ1v) is 13.2. The number of nitrogens with zero attached hydrogens (tertiary/aromatic N) is 2. The molecule has 2 N–H and O–H groups in total.